The third-order valence-corrected chi connectivity index (χ3v) is 3.66. The Bertz CT molecular complexity index is 384. The van der Waals surface area contributed by atoms with Gasteiger partial charge in [-0.25, -0.2) is 4.98 Å². The molecule has 5 nitrogen and oxygen atoms in total. The molecule has 0 spiro atoms. The molecule has 0 aromatic carbocycles. The first-order valence-corrected chi connectivity index (χ1v) is 6.63. The molecule has 1 aromatic rings. The minimum absolute atomic E-state index is 0.130. The van der Waals surface area contributed by atoms with Crippen molar-refractivity contribution < 1.29 is 5.11 Å². The Morgan fingerprint density at radius 1 is 1.59 bits per heavy atom. The Kier molecular flexibility index (Phi) is 4.17. The molecular weight excluding hydrogens is 284 g/mol. The monoisotopic (exact) mass is 300 g/mol. The van der Waals surface area contributed by atoms with Gasteiger partial charge in [-0.3, -0.25) is 0 Å². The van der Waals surface area contributed by atoms with Crippen LogP contribution in [0.2, 0.25) is 0 Å². The summed E-state index contributed by atoms with van der Waals surface area (Å²) in [4.78, 5) is 10.9. The third kappa shape index (κ3) is 2.69. The SMILES string of the molecule is CNc1nc(N(CCO)C2CCC2)ncc1Br. The minimum atomic E-state index is 0.130. The van der Waals surface area contributed by atoms with Gasteiger partial charge in [-0.2, -0.15) is 4.98 Å². The maximum atomic E-state index is 9.13. The zero-order valence-corrected chi connectivity index (χ0v) is 11.4. The summed E-state index contributed by atoms with van der Waals surface area (Å²) in [6, 6.07) is 0.480. The van der Waals surface area contributed by atoms with E-state index in [2.05, 4.69) is 36.1 Å². The van der Waals surface area contributed by atoms with Crippen molar-refractivity contribution in [3.8, 4) is 0 Å². The largest absolute Gasteiger partial charge is 0.395 e. The second-order valence-electron chi connectivity index (χ2n) is 4.12. The van der Waals surface area contributed by atoms with Gasteiger partial charge in [-0.05, 0) is 35.2 Å². The van der Waals surface area contributed by atoms with Crippen molar-refractivity contribution in [3.05, 3.63) is 10.7 Å². The Balaban J connectivity index is 2.22. The van der Waals surface area contributed by atoms with Crippen LogP contribution < -0.4 is 10.2 Å². The summed E-state index contributed by atoms with van der Waals surface area (Å²) < 4.78 is 0.848. The number of halogens is 1. The van der Waals surface area contributed by atoms with E-state index in [-0.39, 0.29) is 6.61 Å². The van der Waals surface area contributed by atoms with Crippen molar-refractivity contribution >= 4 is 27.7 Å². The highest BCUT2D eigenvalue weighted by Crippen LogP contribution is 2.29. The summed E-state index contributed by atoms with van der Waals surface area (Å²) in [6.45, 7) is 0.722. The van der Waals surface area contributed by atoms with E-state index in [9.17, 15) is 0 Å². The molecule has 0 amide bonds. The molecule has 0 saturated heterocycles. The van der Waals surface area contributed by atoms with E-state index >= 15 is 0 Å². The van der Waals surface area contributed by atoms with Crippen molar-refractivity contribution in [2.45, 2.75) is 25.3 Å². The maximum Gasteiger partial charge on any atom is 0.227 e. The van der Waals surface area contributed by atoms with Crippen LogP contribution in [0.25, 0.3) is 0 Å². The van der Waals surface area contributed by atoms with Crippen molar-refractivity contribution in [2.24, 2.45) is 0 Å². The van der Waals surface area contributed by atoms with Crippen LogP contribution in [0, 0.1) is 0 Å². The van der Waals surface area contributed by atoms with Gasteiger partial charge in [0.2, 0.25) is 5.95 Å². The highest BCUT2D eigenvalue weighted by atomic mass is 79.9. The smallest absolute Gasteiger partial charge is 0.227 e. The standard InChI is InChI=1S/C11H17BrN4O/c1-13-10-9(12)7-14-11(15-10)16(5-6-17)8-3-2-4-8/h7-8,17H,2-6H2,1H3,(H,13,14,15). The average molecular weight is 301 g/mol. The van der Waals surface area contributed by atoms with Crippen LogP contribution in [0.3, 0.4) is 0 Å². The first-order valence-electron chi connectivity index (χ1n) is 5.84. The lowest BCUT2D eigenvalue weighted by Crippen LogP contribution is -2.43. The predicted octanol–water partition coefficient (Wildman–Crippen LogP) is 1.63. The second-order valence-corrected chi connectivity index (χ2v) is 4.97. The quantitative estimate of drug-likeness (QED) is 0.865. The van der Waals surface area contributed by atoms with Crippen molar-refractivity contribution in [3.63, 3.8) is 0 Å². The molecule has 17 heavy (non-hydrogen) atoms. The lowest BCUT2D eigenvalue weighted by molar-refractivity contribution is 0.282. The molecule has 0 radical (unpaired) electrons. The molecular formula is C11H17BrN4O. The number of aliphatic hydroxyl groups is 1. The van der Waals surface area contributed by atoms with Crippen LogP contribution >= 0.6 is 15.9 Å². The van der Waals surface area contributed by atoms with Gasteiger partial charge in [-0.1, -0.05) is 0 Å². The first kappa shape index (κ1) is 12.6. The number of nitrogens with zero attached hydrogens (tertiary/aromatic N) is 3. The predicted molar refractivity (Wildman–Crippen MR) is 71.3 cm³/mol. The van der Waals surface area contributed by atoms with Gasteiger partial charge in [0.15, 0.2) is 0 Å². The lowest BCUT2D eigenvalue weighted by atomic mass is 9.92. The second kappa shape index (κ2) is 5.64. The number of rotatable bonds is 5. The molecule has 94 valence electrons. The van der Waals surface area contributed by atoms with Gasteiger partial charge in [0.1, 0.15) is 5.82 Å². The number of anilines is 2. The molecule has 0 bridgehead atoms. The number of aromatic nitrogens is 2. The third-order valence-electron chi connectivity index (χ3n) is 3.08. The molecule has 1 saturated carbocycles. The topological polar surface area (TPSA) is 61.3 Å². The summed E-state index contributed by atoms with van der Waals surface area (Å²) in [6.07, 6.45) is 5.32. The average Bonchev–Trinajstić information content (AvgIpc) is 2.27. The van der Waals surface area contributed by atoms with Gasteiger partial charge in [0, 0.05) is 25.8 Å². The molecule has 1 aliphatic rings. The zero-order chi connectivity index (χ0) is 12.3. The summed E-state index contributed by atoms with van der Waals surface area (Å²) >= 11 is 3.39. The fourth-order valence-electron chi connectivity index (χ4n) is 1.92. The fraction of sp³-hybridized carbons (Fsp3) is 0.636. The Morgan fingerprint density at radius 2 is 2.35 bits per heavy atom. The summed E-state index contributed by atoms with van der Waals surface area (Å²) in [5.74, 6) is 1.47. The van der Waals surface area contributed by atoms with Crippen LogP contribution in [-0.4, -0.2) is 41.3 Å². The summed E-state index contributed by atoms with van der Waals surface area (Å²) in [7, 11) is 1.83. The Hall–Kier alpha value is -0.880. The molecule has 1 aromatic heterocycles. The van der Waals surface area contributed by atoms with Crippen molar-refractivity contribution in [1.82, 2.24) is 9.97 Å². The lowest BCUT2D eigenvalue weighted by Gasteiger charge is -2.37. The van der Waals surface area contributed by atoms with E-state index in [4.69, 9.17) is 5.11 Å². The normalized spacial score (nSPS) is 15.5. The van der Waals surface area contributed by atoms with Gasteiger partial charge in [0.25, 0.3) is 0 Å². The van der Waals surface area contributed by atoms with Crippen molar-refractivity contribution in [1.29, 1.82) is 0 Å². The number of aliphatic hydroxyl groups excluding tert-OH is 1. The summed E-state index contributed by atoms with van der Waals surface area (Å²) in [5.41, 5.74) is 0. The molecule has 1 heterocycles. The molecule has 0 unspecified atom stereocenters. The summed E-state index contributed by atoms with van der Waals surface area (Å²) in [5, 5.41) is 12.1. The minimum Gasteiger partial charge on any atom is -0.395 e. The first-order chi connectivity index (χ1) is 8.26. The number of hydrogen-bond donors (Lipinski definition) is 2. The van der Waals surface area contributed by atoms with Gasteiger partial charge in [-0.15, -0.1) is 0 Å². The van der Waals surface area contributed by atoms with Crippen LogP contribution in [0.1, 0.15) is 19.3 Å². The fourth-order valence-corrected chi connectivity index (χ4v) is 2.31. The van der Waals surface area contributed by atoms with E-state index < -0.39 is 0 Å². The highest BCUT2D eigenvalue weighted by Gasteiger charge is 2.26. The molecule has 1 aliphatic carbocycles. The number of nitrogens with one attached hydrogen (secondary N) is 1. The molecule has 2 N–H and O–H groups in total. The number of hydrogen-bond acceptors (Lipinski definition) is 5. The van der Waals surface area contributed by atoms with Gasteiger partial charge in [0.05, 0.1) is 11.1 Å². The van der Waals surface area contributed by atoms with Crippen LogP contribution in [0.4, 0.5) is 11.8 Å². The van der Waals surface area contributed by atoms with Crippen molar-refractivity contribution in [2.75, 3.05) is 30.4 Å². The van der Waals surface area contributed by atoms with E-state index in [1.54, 1.807) is 6.20 Å². The zero-order valence-electron chi connectivity index (χ0n) is 9.86. The molecule has 0 aliphatic heterocycles. The molecule has 6 heteroatoms. The van der Waals surface area contributed by atoms with E-state index in [1.807, 2.05) is 7.05 Å². The van der Waals surface area contributed by atoms with Gasteiger partial charge >= 0.3 is 0 Å². The van der Waals surface area contributed by atoms with E-state index in [0.29, 0.717) is 18.5 Å². The Labute approximate surface area is 109 Å². The van der Waals surface area contributed by atoms with Crippen LogP contribution in [0.5, 0.6) is 0 Å². The van der Waals surface area contributed by atoms with E-state index in [0.717, 1.165) is 23.1 Å². The molecule has 1 fully saturated rings. The Morgan fingerprint density at radius 3 is 2.88 bits per heavy atom. The van der Waals surface area contributed by atoms with Crippen LogP contribution in [-0.2, 0) is 0 Å². The maximum absolute atomic E-state index is 9.13. The van der Waals surface area contributed by atoms with E-state index in [1.165, 1.54) is 6.42 Å². The van der Waals surface area contributed by atoms with Gasteiger partial charge < -0.3 is 15.3 Å². The van der Waals surface area contributed by atoms with Crippen LogP contribution in [0.15, 0.2) is 10.7 Å². The molecule has 0 atom stereocenters. The highest BCUT2D eigenvalue weighted by molar-refractivity contribution is 9.10. The molecule has 2 rings (SSSR count).